The fraction of sp³-hybridized carbons (Fsp3) is 0.391. The van der Waals surface area contributed by atoms with Crippen molar-refractivity contribution in [2.75, 3.05) is 6.79 Å². The largest absolute Gasteiger partial charge is 0.454 e. The highest BCUT2D eigenvalue weighted by Gasteiger charge is 2.26. The van der Waals surface area contributed by atoms with Crippen LogP contribution in [0.4, 0.5) is 0 Å². The third-order valence-corrected chi connectivity index (χ3v) is 5.18. The minimum Gasteiger partial charge on any atom is -0.454 e. The third kappa shape index (κ3) is 5.66. The molecule has 1 N–H and O–H groups in total. The molecule has 0 saturated heterocycles. The number of carbonyl (C=O) groups is 2. The van der Waals surface area contributed by atoms with Crippen LogP contribution in [0.15, 0.2) is 42.5 Å². The van der Waals surface area contributed by atoms with Crippen molar-refractivity contribution < 1.29 is 19.1 Å². The lowest BCUT2D eigenvalue weighted by Gasteiger charge is -2.29. The van der Waals surface area contributed by atoms with Crippen LogP contribution in [0.25, 0.3) is 0 Å². The first-order valence-electron chi connectivity index (χ1n) is 10.1. The predicted octanol–water partition coefficient (Wildman–Crippen LogP) is 3.94. The number of nitrogens with one attached hydrogen (secondary N) is 1. The summed E-state index contributed by atoms with van der Waals surface area (Å²) in [6.45, 7) is 6.11. The minimum absolute atomic E-state index is 0.000988. The van der Waals surface area contributed by atoms with E-state index in [1.54, 1.807) is 24.0 Å². The van der Waals surface area contributed by atoms with Crippen molar-refractivity contribution in [3.8, 4) is 11.5 Å². The van der Waals surface area contributed by atoms with Crippen LogP contribution >= 0.6 is 11.6 Å². The number of amides is 2. The maximum absolute atomic E-state index is 13.1. The molecule has 1 aliphatic rings. The average Bonchev–Trinajstić information content (AvgIpc) is 3.18. The van der Waals surface area contributed by atoms with Crippen LogP contribution in [0.1, 0.15) is 38.3 Å². The van der Waals surface area contributed by atoms with Crippen molar-refractivity contribution in [3.05, 3.63) is 58.6 Å². The van der Waals surface area contributed by atoms with Crippen molar-refractivity contribution >= 4 is 23.4 Å². The average molecular weight is 431 g/mol. The molecule has 3 rings (SSSR count). The molecule has 0 bridgehead atoms. The fourth-order valence-corrected chi connectivity index (χ4v) is 3.39. The maximum Gasteiger partial charge on any atom is 0.242 e. The second kappa shape index (κ2) is 9.85. The first-order valence-corrected chi connectivity index (χ1v) is 10.4. The van der Waals surface area contributed by atoms with E-state index in [1.807, 2.05) is 44.2 Å². The summed E-state index contributed by atoms with van der Waals surface area (Å²) >= 11 is 5.98. The summed E-state index contributed by atoms with van der Waals surface area (Å²) in [4.78, 5) is 27.3. The van der Waals surface area contributed by atoms with E-state index < -0.39 is 6.04 Å². The summed E-state index contributed by atoms with van der Waals surface area (Å²) in [6.07, 6.45) is 0.831. The van der Waals surface area contributed by atoms with Crippen LogP contribution < -0.4 is 14.8 Å². The molecule has 0 aliphatic carbocycles. The Balaban J connectivity index is 1.71. The summed E-state index contributed by atoms with van der Waals surface area (Å²) in [5.74, 6) is 1.15. The van der Waals surface area contributed by atoms with E-state index in [4.69, 9.17) is 21.1 Å². The molecule has 0 radical (unpaired) electrons. The third-order valence-electron chi connectivity index (χ3n) is 4.93. The highest BCUT2D eigenvalue weighted by atomic mass is 35.5. The number of benzene rings is 2. The molecule has 0 saturated carbocycles. The number of halogens is 1. The molecule has 0 aromatic heterocycles. The molecule has 0 spiro atoms. The molecule has 2 aromatic carbocycles. The topological polar surface area (TPSA) is 67.9 Å². The van der Waals surface area contributed by atoms with Gasteiger partial charge in [-0.05, 0) is 62.6 Å². The number of carbonyl (C=O) groups excluding carboxylic acids is 2. The van der Waals surface area contributed by atoms with Crippen LogP contribution in [-0.2, 0) is 22.6 Å². The van der Waals surface area contributed by atoms with Gasteiger partial charge >= 0.3 is 0 Å². The van der Waals surface area contributed by atoms with E-state index in [0.717, 1.165) is 11.1 Å². The van der Waals surface area contributed by atoms with Crippen LogP contribution in [0.5, 0.6) is 11.5 Å². The van der Waals surface area contributed by atoms with Crippen molar-refractivity contribution in [1.82, 2.24) is 10.2 Å². The van der Waals surface area contributed by atoms with Gasteiger partial charge in [0.15, 0.2) is 11.5 Å². The zero-order valence-corrected chi connectivity index (χ0v) is 18.2. The number of hydrogen-bond acceptors (Lipinski definition) is 4. The molecule has 7 heteroatoms. The minimum atomic E-state index is -0.590. The number of rotatable bonds is 8. The van der Waals surface area contributed by atoms with Crippen molar-refractivity contribution in [2.24, 2.45) is 0 Å². The van der Waals surface area contributed by atoms with Crippen LogP contribution in [0, 0.1) is 0 Å². The Labute approximate surface area is 182 Å². The zero-order chi connectivity index (χ0) is 21.7. The van der Waals surface area contributed by atoms with Gasteiger partial charge in [-0.1, -0.05) is 29.8 Å². The highest BCUT2D eigenvalue weighted by Crippen LogP contribution is 2.32. The molecule has 1 heterocycles. The van der Waals surface area contributed by atoms with E-state index in [9.17, 15) is 9.59 Å². The molecule has 0 unspecified atom stereocenters. The van der Waals surface area contributed by atoms with Crippen LogP contribution in [0.3, 0.4) is 0 Å². The van der Waals surface area contributed by atoms with Crippen molar-refractivity contribution in [3.63, 3.8) is 0 Å². The molecule has 1 aliphatic heterocycles. The van der Waals surface area contributed by atoms with Gasteiger partial charge in [-0.15, -0.1) is 0 Å². The monoisotopic (exact) mass is 430 g/mol. The second-order valence-electron chi connectivity index (χ2n) is 7.67. The number of ether oxygens (including phenoxy) is 2. The molecule has 0 fully saturated rings. The molecular formula is C23H27ClN2O4. The van der Waals surface area contributed by atoms with Gasteiger partial charge in [0, 0.05) is 24.0 Å². The second-order valence-corrected chi connectivity index (χ2v) is 8.11. The van der Waals surface area contributed by atoms with Gasteiger partial charge in [-0.25, -0.2) is 0 Å². The van der Waals surface area contributed by atoms with E-state index in [2.05, 4.69) is 5.32 Å². The van der Waals surface area contributed by atoms with Gasteiger partial charge in [0.1, 0.15) is 6.04 Å². The standard InChI is InChI=1S/C23H27ClN2O4/c1-15(2)25-23(28)16(3)26(13-18-4-8-19(24)9-5-18)22(27)11-7-17-6-10-20-21(12-17)30-14-29-20/h4-6,8-10,12,15-16H,7,11,13-14H2,1-3H3,(H,25,28)/t16-/m0/s1. The lowest BCUT2D eigenvalue weighted by Crippen LogP contribution is -2.49. The number of hydrogen-bond donors (Lipinski definition) is 1. The van der Waals surface area contributed by atoms with Gasteiger partial charge in [0.2, 0.25) is 18.6 Å². The van der Waals surface area contributed by atoms with E-state index >= 15 is 0 Å². The Hall–Kier alpha value is -2.73. The molecular weight excluding hydrogens is 404 g/mol. The van der Waals surface area contributed by atoms with Gasteiger partial charge in [0.05, 0.1) is 0 Å². The first kappa shape index (κ1) is 22.0. The normalized spacial score (nSPS) is 13.2. The van der Waals surface area contributed by atoms with Gasteiger partial charge in [-0.2, -0.15) is 0 Å². The lowest BCUT2D eigenvalue weighted by atomic mass is 10.1. The fourth-order valence-electron chi connectivity index (χ4n) is 3.27. The van der Waals surface area contributed by atoms with Crippen molar-refractivity contribution in [2.45, 2.75) is 52.2 Å². The number of fused-ring (bicyclic) bond motifs is 1. The summed E-state index contributed by atoms with van der Waals surface area (Å²) in [5.41, 5.74) is 1.90. The molecule has 30 heavy (non-hydrogen) atoms. The Bertz CT molecular complexity index is 899. The summed E-state index contributed by atoms with van der Waals surface area (Å²) in [7, 11) is 0. The van der Waals surface area contributed by atoms with E-state index in [0.29, 0.717) is 29.5 Å². The van der Waals surface area contributed by atoms with Crippen molar-refractivity contribution in [1.29, 1.82) is 0 Å². The van der Waals surface area contributed by atoms with Gasteiger partial charge in [0.25, 0.3) is 0 Å². The first-order chi connectivity index (χ1) is 14.3. The Morgan fingerprint density at radius 2 is 1.70 bits per heavy atom. The van der Waals surface area contributed by atoms with Gasteiger partial charge in [-0.3, -0.25) is 9.59 Å². The Morgan fingerprint density at radius 3 is 2.40 bits per heavy atom. The number of nitrogens with zero attached hydrogens (tertiary/aromatic N) is 1. The van der Waals surface area contributed by atoms with E-state index in [1.165, 1.54) is 0 Å². The zero-order valence-electron chi connectivity index (χ0n) is 17.5. The molecule has 6 nitrogen and oxygen atoms in total. The SMILES string of the molecule is CC(C)NC(=O)[C@H](C)N(Cc1ccc(Cl)cc1)C(=O)CCc1ccc2c(c1)OCO2. The van der Waals surface area contributed by atoms with Crippen LogP contribution in [-0.4, -0.2) is 35.6 Å². The molecule has 2 aromatic rings. The van der Waals surface area contributed by atoms with E-state index in [-0.39, 0.29) is 31.1 Å². The Morgan fingerprint density at radius 1 is 1.03 bits per heavy atom. The molecule has 160 valence electrons. The lowest BCUT2D eigenvalue weighted by molar-refractivity contribution is -0.140. The molecule has 1 atom stereocenters. The molecule has 2 amide bonds. The Kier molecular flexibility index (Phi) is 7.21. The predicted molar refractivity (Wildman–Crippen MR) is 116 cm³/mol. The summed E-state index contributed by atoms with van der Waals surface area (Å²) in [6, 6.07) is 12.4. The summed E-state index contributed by atoms with van der Waals surface area (Å²) < 4.78 is 10.7. The van der Waals surface area contributed by atoms with Crippen LogP contribution in [0.2, 0.25) is 5.02 Å². The number of aryl methyl sites for hydroxylation is 1. The smallest absolute Gasteiger partial charge is 0.242 e. The quantitative estimate of drug-likeness (QED) is 0.688. The highest BCUT2D eigenvalue weighted by molar-refractivity contribution is 6.30. The van der Waals surface area contributed by atoms with Gasteiger partial charge < -0.3 is 19.7 Å². The maximum atomic E-state index is 13.1. The summed E-state index contributed by atoms with van der Waals surface area (Å²) in [5, 5.41) is 3.52.